The van der Waals surface area contributed by atoms with Crippen LogP contribution in [0.3, 0.4) is 0 Å². The summed E-state index contributed by atoms with van der Waals surface area (Å²) in [5.41, 5.74) is 3.42. The van der Waals surface area contributed by atoms with Crippen molar-refractivity contribution >= 4 is 5.69 Å². The Morgan fingerprint density at radius 1 is 1.30 bits per heavy atom. The molecule has 2 heterocycles. The molecule has 0 aliphatic carbocycles. The van der Waals surface area contributed by atoms with Crippen molar-refractivity contribution in [3.05, 3.63) is 51.2 Å². The highest BCUT2D eigenvalue weighted by molar-refractivity contribution is 5.46. The molecular formula is C17H23N3O3. The van der Waals surface area contributed by atoms with Crippen molar-refractivity contribution in [3.8, 4) is 5.75 Å². The molecule has 2 aromatic heterocycles. The van der Waals surface area contributed by atoms with Gasteiger partial charge in [-0.05, 0) is 36.6 Å². The minimum absolute atomic E-state index is 0.174. The summed E-state index contributed by atoms with van der Waals surface area (Å²) in [6, 6.07) is 5.60. The highest BCUT2D eigenvalue weighted by Crippen LogP contribution is 2.18. The van der Waals surface area contributed by atoms with E-state index in [4.69, 9.17) is 4.74 Å². The van der Waals surface area contributed by atoms with Gasteiger partial charge >= 0.3 is 0 Å². The topological polar surface area (TPSA) is 87.2 Å². The zero-order chi connectivity index (χ0) is 16.8. The first kappa shape index (κ1) is 17.0. The number of pyridine rings is 2. The Kier molecular flexibility index (Phi) is 5.76. The van der Waals surface area contributed by atoms with Crippen molar-refractivity contribution in [3.63, 3.8) is 0 Å². The van der Waals surface area contributed by atoms with Gasteiger partial charge in [-0.2, -0.15) is 0 Å². The summed E-state index contributed by atoms with van der Waals surface area (Å²) >= 11 is 0. The van der Waals surface area contributed by atoms with E-state index in [9.17, 15) is 9.90 Å². The number of anilines is 1. The minimum atomic E-state index is -0.253. The molecule has 2 rings (SSSR count). The molecule has 0 atom stereocenters. The van der Waals surface area contributed by atoms with E-state index in [1.807, 2.05) is 26.0 Å². The van der Waals surface area contributed by atoms with Crippen LogP contribution < -0.4 is 15.6 Å². The van der Waals surface area contributed by atoms with E-state index in [2.05, 4.69) is 15.3 Å². The van der Waals surface area contributed by atoms with E-state index in [-0.39, 0.29) is 12.2 Å². The molecule has 124 valence electrons. The van der Waals surface area contributed by atoms with Gasteiger partial charge in [0, 0.05) is 11.4 Å². The van der Waals surface area contributed by atoms with Crippen LogP contribution in [0.1, 0.15) is 36.5 Å². The Labute approximate surface area is 135 Å². The third kappa shape index (κ3) is 3.90. The lowest BCUT2D eigenvalue weighted by Gasteiger charge is -2.12. The second kappa shape index (κ2) is 7.78. The maximum Gasteiger partial charge on any atom is 0.271 e. The van der Waals surface area contributed by atoms with Gasteiger partial charge < -0.3 is 20.1 Å². The lowest BCUT2D eigenvalue weighted by atomic mass is 10.1. The Hall–Kier alpha value is -2.34. The van der Waals surface area contributed by atoms with E-state index in [1.165, 1.54) is 0 Å². The second-order valence-corrected chi connectivity index (χ2v) is 5.19. The largest absolute Gasteiger partial charge is 0.495 e. The molecule has 0 spiro atoms. The number of H-pyrrole nitrogens is 1. The van der Waals surface area contributed by atoms with Crippen LogP contribution in [0.2, 0.25) is 0 Å². The Bertz CT molecular complexity index is 726. The second-order valence-electron chi connectivity index (χ2n) is 5.19. The predicted octanol–water partition coefficient (Wildman–Crippen LogP) is 2.01. The molecule has 0 bridgehead atoms. The van der Waals surface area contributed by atoms with E-state index in [0.717, 1.165) is 29.8 Å². The molecule has 0 saturated heterocycles. The van der Waals surface area contributed by atoms with Crippen molar-refractivity contribution < 1.29 is 9.84 Å². The van der Waals surface area contributed by atoms with Gasteiger partial charge in [0.25, 0.3) is 5.56 Å². The number of aromatic amines is 1. The van der Waals surface area contributed by atoms with E-state index >= 15 is 0 Å². The molecule has 0 aliphatic heterocycles. The summed E-state index contributed by atoms with van der Waals surface area (Å²) in [6.45, 7) is 4.23. The molecule has 0 unspecified atom stereocenters. The maximum absolute atomic E-state index is 12.1. The van der Waals surface area contributed by atoms with Gasteiger partial charge in [-0.25, -0.2) is 0 Å². The van der Waals surface area contributed by atoms with Crippen LogP contribution in [-0.2, 0) is 26.0 Å². The Balaban J connectivity index is 2.26. The van der Waals surface area contributed by atoms with E-state index in [0.29, 0.717) is 23.7 Å². The zero-order valence-corrected chi connectivity index (χ0v) is 13.8. The van der Waals surface area contributed by atoms with Gasteiger partial charge in [0.2, 0.25) is 0 Å². The summed E-state index contributed by atoms with van der Waals surface area (Å²) in [7, 11) is 1.60. The molecule has 0 amide bonds. The molecule has 6 nitrogen and oxygen atoms in total. The van der Waals surface area contributed by atoms with E-state index < -0.39 is 0 Å². The first-order valence-electron chi connectivity index (χ1n) is 7.75. The molecular weight excluding hydrogens is 294 g/mol. The van der Waals surface area contributed by atoms with Crippen molar-refractivity contribution in [2.45, 2.75) is 39.8 Å². The van der Waals surface area contributed by atoms with Gasteiger partial charge in [-0.3, -0.25) is 9.78 Å². The Morgan fingerprint density at radius 3 is 2.70 bits per heavy atom. The molecule has 0 aliphatic rings. The van der Waals surface area contributed by atoms with Crippen molar-refractivity contribution in [1.29, 1.82) is 0 Å². The molecule has 0 radical (unpaired) electrons. The number of hydrogen-bond acceptors (Lipinski definition) is 5. The Morgan fingerprint density at radius 2 is 2.09 bits per heavy atom. The van der Waals surface area contributed by atoms with Crippen LogP contribution >= 0.6 is 0 Å². The summed E-state index contributed by atoms with van der Waals surface area (Å²) < 4.78 is 5.32. The first-order chi connectivity index (χ1) is 11.1. The van der Waals surface area contributed by atoms with Gasteiger partial charge in [-0.15, -0.1) is 0 Å². The first-order valence-corrected chi connectivity index (χ1v) is 7.75. The fourth-order valence-electron chi connectivity index (χ4n) is 2.42. The predicted molar refractivity (Wildman–Crippen MR) is 89.9 cm³/mol. The fraction of sp³-hybridized carbons (Fsp3) is 0.412. The van der Waals surface area contributed by atoms with Gasteiger partial charge in [0.1, 0.15) is 17.1 Å². The lowest BCUT2D eigenvalue weighted by molar-refractivity contribution is 0.275. The number of aliphatic hydroxyl groups is 1. The minimum Gasteiger partial charge on any atom is -0.495 e. The molecule has 0 aromatic carbocycles. The smallest absolute Gasteiger partial charge is 0.271 e. The molecule has 0 fully saturated rings. The SMILES string of the molecule is CCc1ccc(OC)c(CNc2cc(CC)c(CO)[nH]c2=O)n1. The highest BCUT2D eigenvalue weighted by atomic mass is 16.5. The van der Waals surface area contributed by atoms with Gasteiger partial charge in [0.05, 0.1) is 20.3 Å². The van der Waals surface area contributed by atoms with Crippen molar-refractivity contribution in [2.24, 2.45) is 0 Å². The van der Waals surface area contributed by atoms with Crippen molar-refractivity contribution in [2.75, 3.05) is 12.4 Å². The number of hydrogen-bond donors (Lipinski definition) is 3. The maximum atomic E-state index is 12.1. The summed E-state index contributed by atoms with van der Waals surface area (Å²) in [5, 5.41) is 12.4. The molecule has 6 heteroatoms. The lowest BCUT2D eigenvalue weighted by Crippen LogP contribution is -2.18. The van der Waals surface area contributed by atoms with Crippen LogP contribution in [0, 0.1) is 0 Å². The van der Waals surface area contributed by atoms with Crippen LogP contribution in [0.25, 0.3) is 0 Å². The molecule has 23 heavy (non-hydrogen) atoms. The number of methoxy groups -OCH3 is 1. The third-order valence-corrected chi connectivity index (χ3v) is 3.77. The fourth-order valence-corrected chi connectivity index (χ4v) is 2.42. The number of aromatic nitrogens is 2. The van der Waals surface area contributed by atoms with E-state index in [1.54, 1.807) is 13.2 Å². The number of aliphatic hydroxyl groups excluding tert-OH is 1. The number of ether oxygens (including phenoxy) is 1. The van der Waals surface area contributed by atoms with Crippen molar-refractivity contribution in [1.82, 2.24) is 9.97 Å². The average Bonchev–Trinajstić information content (AvgIpc) is 2.59. The normalized spacial score (nSPS) is 10.6. The molecule has 0 saturated carbocycles. The van der Waals surface area contributed by atoms with Crippen LogP contribution in [0.5, 0.6) is 5.75 Å². The van der Waals surface area contributed by atoms with Crippen LogP contribution in [0.15, 0.2) is 23.0 Å². The average molecular weight is 317 g/mol. The van der Waals surface area contributed by atoms with Crippen LogP contribution in [-0.4, -0.2) is 22.2 Å². The standard InChI is InChI=1S/C17H23N3O3/c1-4-11-8-13(17(22)20-15(11)10-21)18-9-14-16(23-3)7-6-12(5-2)19-14/h6-8,18,21H,4-5,9-10H2,1-3H3,(H,20,22). The number of rotatable bonds is 7. The third-order valence-electron chi connectivity index (χ3n) is 3.77. The number of nitrogens with zero attached hydrogens (tertiary/aromatic N) is 1. The summed E-state index contributed by atoms with van der Waals surface area (Å²) in [5.74, 6) is 0.689. The molecule has 2 aromatic rings. The number of aryl methyl sites for hydroxylation is 2. The van der Waals surface area contributed by atoms with Gasteiger partial charge in [0.15, 0.2) is 0 Å². The zero-order valence-electron chi connectivity index (χ0n) is 13.8. The number of nitrogens with one attached hydrogen (secondary N) is 2. The molecule has 3 N–H and O–H groups in total. The monoisotopic (exact) mass is 317 g/mol. The summed E-state index contributed by atoms with van der Waals surface area (Å²) in [4.78, 5) is 19.3. The summed E-state index contributed by atoms with van der Waals surface area (Å²) in [6.07, 6.45) is 1.57. The quantitative estimate of drug-likeness (QED) is 0.727. The van der Waals surface area contributed by atoms with Crippen LogP contribution in [0.4, 0.5) is 5.69 Å². The van der Waals surface area contributed by atoms with Gasteiger partial charge in [-0.1, -0.05) is 13.8 Å². The highest BCUT2D eigenvalue weighted by Gasteiger charge is 2.10.